The summed E-state index contributed by atoms with van der Waals surface area (Å²) in [6, 6.07) is 13.2. The maximum atomic E-state index is 11.9. The topological polar surface area (TPSA) is 57.7 Å². The zero-order chi connectivity index (χ0) is 17.6. The number of carbonyl (C=O) groups excluding carboxylic acids is 1. The Kier molecular flexibility index (Phi) is 5.30. The van der Waals surface area contributed by atoms with Crippen molar-refractivity contribution < 1.29 is 19.0 Å². The summed E-state index contributed by atoms with van der Waals surface area (Å²) in [5.74, 6) is 0.874. The van der Waals surface area contributed by atoms with E-state index in [1.54, 1.807) is 32.4 Å². The lowest BCUT2D eigenvalue weighted by atomic mass is 10.2. The fourth-order valence-corrected chi connectivity index (χ4v) is 3.16. The van der Waals surface area contributed by atoms with E-state index in [1.165, 1.54) is 17.4 Å². The third kappa shape index (κ3) is 4.16. The number of benzene rings is 2. The quantitative estimate of drug-likeness (QED) is 0.493. The van der Waals surface area contributed by atoms with Gasteiger partial charge in [0.1, 0.15) is 23.1 Å². The summed E-state index contributed by atoms with van der Waals surface area (Å²) in [6.45, 7) is 0.155. The first-order valence-corrected chi connectivity index (χ1v) is 8.42. The molecule has 6 heteroatoms. The summed E-state index contributed by atoms with van der Waals surface area (Å²) < 4.78 is 16.8. The highest BCUT2D eigenvalue weighted by atomic mass is 32.1. The largest absolute Gasteiger partial charge is 0.497 e. The van der Waals surface area contributed by atoms with E-state index in [2.05, 4.69) is 4.98 Å². The zero-order valence-corrected chi connectivity index (χ0v) is 14.7. The van der Waals surface area contributed by atoms with E-state index in [9.17, 15) is 4.79 Å². The number of hydrogen-bond acceptors (Lipinski definition) is 6. The van der Waals surface area contributed by atoms with Crippen LogP contribution in [0.3, 0.4) is 0 Å². The van der Waals surface area contributed by atoms with Gasteiger partial charge in [0.2, 0.25) is 0 Å². The Labute approximate surface area is 149 Å². The minimum atomic E-state index is -0.433. The average molecular weight is 355 g/mol. The smallest absolute Gasteiger partial charge is 0.331 e. The van der Waals surface area contributed by atoms with Gasteiger partial charge in [0, 0.05) is 17.7 Å². The van der Waals surface area contributed by atoms with Gasteiger partial charge in [0.05, 0.1) is 24.4 Å². The summed E-state index contributed by atoms with van der Waals surface area (Å²) in [4.78, 5) is 16.4. The third-order valence-electron chi connectivity index (χ3n) is 3.52. The number of fused-ring (bicyclic) bond motifs is 1. The first-order valence-electron chi connectivity index (χ1n) is 7.61. The summed E-state index contributed by atoms with van der Waals surface area (Å²) in [5, 5.41) is 0.768. The summed E-state index contributed by atoms with van der Waals surface area (Å²) in [7, 11) is 3.15. The molecule has 5 nitrogen and oxygen atoms in total. The Morgan fingerprint density at radius 1 is 1.16 bits per heavy atom. The summed E-state index contributed by atoms with van der Waals surface area (Å²) in [5.41, 5.74) is 1.68. The lowest BCUT2D eigenvalue weighted by Crippen LogP contribution is -2.00. The highest BCUT2D eigenvalue weighted by Gasteiger charge is 2.06. The van der Waals surface area contributed by atoms with Crippen molar-refractivity contribution in [3.63, 3.8) is 0 Å². The lowest BCUT2D eigenvalue weighted by Gasteiger charge is -2.07. The monoisotopic (exact) mass is 355 g/mol. The van der Waals surface area contributed by atoms with Gasteiger partial charge >= 0.3 is 5.97 Å². The molecule has 0 N–H and O–H groups in total. The number of nitrogens with zero attached hydrogens (tertiary/aromatic N) is 1. The standard InChI is InChI=1S/C19H17NO4S/c1-22-14-9-7-13(16(11-14)23-2)8-10-19(21)24-12-18-20-15-5-3-4-6-17(15)25-18/h3-11H,12H2,1-2H3/b10-8+. The van der Waals surface area contributed by atoms with Crippen molar-refractivity contribution in [2.45, 2.75) is 6.61 Å². The van der Waals surface area contributed by atoms with Crippen LogP contribution < -0.4 is 9.47 Å². The Morgan fingerprint density at radius 3 is 2.76 bits per heavy atom. The second-order valence-electron chi connectivity index (χ2n) is 5.12. The summed E-state index contributed by atoms with van der Waals surface area (Å²) in [6.07, 6.45) is 3.02. The van der Waals surface area contributed by atoms with Gasteiger partial charge in [-0.25, -0.2) is 9.78 Å². The number of methoxy groups -OCH3 is 2. The van der Waals surface area contributed by atoms with Gasteiger partial charge in [-0.3, -0.25) is 0 Å². The number of para-hydroxylation sites is 1. The molecule has 0 spiro atoms. The fraction of sp³-hybridized carbons (Fsp3) is 0.158. The summed E-state index contributed by atoms with van der Waals surface area (Å²) >= 11 is 1.52. The highest BCUT2D eigenvalue weighted by molar-refractivity contribution is 7.18. The predicted octanol–water partition coefficient (Wildman–Crippen LogP) is 4.07. The van der Waals surface area contributed by atoms with Gasteiger partial charge in [-0.15, -0.1) is 11.3 Å². The van der Waals surface area contributed by atoms with Gasteiger partial charge in [-0.05, 0) is 30.3 Å². The van der Waals surface area contributed by atoms with Crippen LogP contribution in [0, 0.1) is 0 Å². The van der Waals surface area contributed by atoms with Crippen LogP contribution in [0.4, 0.5) is 0 Å². The van der Waals surface area contributed by atoms with E-state index in [4.69, 9.17) is 14.2 Å². The SMILES string of the molecule is COc1ccc(/C=C/C(=O)OCc2nc3ccccc3s2)c(OC)c1. The minimum Gasteiger partial charge on any atom is -0.497 e. The Bertz CT molecular complexity index is 884. The van der Waals surface area contributed by atoms with Crippen molar-refractivity contribution in [3.8, 4) is 11.5 Å². The number of rotatable bonds is 6. The molecule has 3 aromatic rings. The molecular formula is C19H17NO4S. The first-order chi connectivity index (χ1) is 12.2. The van der Waals surface area contributed by atoms with Crippen LogP contribution in [0.5, 0.6) is 11.5 Å². The Morgan fingerprint density at radius 2 is 2.00 bits per heavy atom. The van der Waals surface area contributed by atoms with Crippen LogP contribution in [-0.4, -0.2) is 25.2 Å². The number of esters is 1. The highest BCUT2D eigenvalue weighted by Crippen LogP contribution is 2.26. The maximum Gasteiger partial charge on any atom is 0.331 e. The van der Waals surface area contributed by atoms with E-state index >= 15 is 0 Å². The van der Waals surface area contributed by atoms with Crippen molar-refractivity contribution in [2.24, 2.45) is 0 Å². The molecule has 1 heterocycles. The maximum absolute atomic E-state index is 11.9. The van der Waals surface area contributed by atoms with Crippen molar-refractivity contribution in [3.05, 3.63) is 59.1 Å². The van der Waals surface area contributed by atoms with Crippen molar-refractivity contribution in [1.82, 2.24) is 4.98 Å². The molecule has 1 aromatic heterocycles. The lowest BCUT2D eigenvalue weighted by molar-refractivity contribution is -0.138. The third-order valence-corrected chi connectivity index (χ3v) is 4.53. The number of ether oxygens (including phenoxy) is 3. The fourth-order valence-electron chi connectivity index (χ4n) is 2.28. The molecule has 0 aliphatic rings. The normalized spacial score (nSPS) is 11.0. The van der Waals surface area contributed by atoms with Crippen molar-refractivity contribution in [2.75, 3.05) is 14.2 Å². The number of thiazole rings is 1. The number of aromatic nitrogens is 1. The molecule has 0 aliphatic heterocycles. The molecule has 3 rings (SSSR count). The molecule has 0 amide bonds. The van der Waals surface area contributed by atoms with Gasteiger partial charge in [-0.2, -0.15) is 0 Å². The number of hydrogen-bond donors (Lipinski definition) is 0. The van der Waals surface area contributed by atoms with Crippen molar-refractivity contribution >= 4 is 33.6 Å². The molecule has 0 fully saturated rings. The molecule has 0 bridgehead atoms. The van der Waals surface area contributed by atoms with Crippen LogP contribution in [0.2, 0.25) is 0 Å². The molecule has 25 heavy (non-hydrogen) atoms. The van der Waals surface area contributed by atoms with E-state index in [0.717, 1.165) is 20.8 Å². The molecule has 0 unspecified atom stereocenters. The molecule has 0 radical (unpaired) electrons. The molecule has 0 aliphatic carbocycles. The predicted molar refractivity (Wildman–Crippen MR) is 98.0 cm³/mol. The van der Waals surface area contributed by atoms with Crippen LogP contribution in [0.25, 0.3) is 16.3 Å². The zero-order valence-electron chi connectivity index (χ0n) is 13.9. The van der Waals surface area contributed by atoms with E-state index in [0.29, 0.717) is 11.5 Å². The second-order valence-corrected chi connectivity index (χ2v) is 6.24. The second kappa shape index (κ2) is 7.81. The molecular weight excluding hydrogens is 338 g/mol. The Hall–Kier alpha value is -2.86. The first kappa shape index (κ1) is 17.0. The van der Waals surface area contributed by atoms with E-state index in [1.807, 2.05) is 30.3 Å². The van der Waals surface area contributed by atoms with Gasteiger partial charge < -0.3 is 14.2 Å². The average Bonchev–Trinajstić information content (AvgIpc) is 3.07. The van der Waals surface area contributed by atoms with Crippen LogP contribution >= 0.6 is 11.3 Å². The van der Waals surface area contributed by atoms with Gasteiger partial charge in [0.25, 0.3) is 0 Å². The molecule has 0 saturated heterocycles. The van der Waals surface area contributed by atoms with Gasteiger partial charge in [-0.1, -0.05) is 12.1 Å². The molecule has 0 atom stereocenters. The molecule has 128 valence electrons. The Balaban J connectivity index is 1.63. The van der Waals surface area contributed by atoms with E-state index < -0.39 is 5.97 Å². The molecule has 2 aromatic carbocycles. The van der Waals surface area contributed by atoms with Crippen LogP contribution in [0.1, 0.15) is 10.6 Å². The van der Waals surface area contributed by atoms with Crippen LogP contribution in [-0.2, 0) is 16.1 Å². The van der Waals surface area contributed by atoms with Crippen LogP contribution in [0.15, 0.2) is 48.5 Å². The van der Waals surface area contributed by atoms with Gasteiger partial charge in [0.15, 0.2) is 0 Å². The minimum absolute atomic E-state index is 0.155. The van der Waals surface area contributed by atoms with Crippen molar-refractivity contribution in [1.29, 1.82) is 0 Å². The number of carbonyl (C=O) groups is 1. The van der Waals surface area contributed by atoms with E-state index in [-0.39, 0.29) is 6.61 Å². The molecule has 0 saturated carbocycles.